The fourth-order valence-corrected chi connectivity index (χ4v) is 11.8. The van der Waals surface area contributed by atoms with Crippen LogP contribution >= 0.6 is 0 Å². The molecule has 296 valence electrons. The van der Waals surface area contributed by atoms with Gasteiger partial charge in [-0.15, -0.1) is 0 Å². The van der Waals surface area contributed by atoms with Gasteiger partial charge in [0.25, 0.3) is 0 Å². The fraction of sp³-hybridized carbons (Fsp3) is 0.547. The summed E-state index contributed by atoms with van der Waals surface area (Å²) in [6.07, 6.45) is 26.6. The van der Waals surface area contributed by atoms with Gasteiger partial charge in [0.05, 0.1) is 6.26 Å². The molecule has 3 aromatic rings. The average Bonchev–Trinajstić information content (AvgIpc) is 3.54. The summed E-state index contributed by atoms with van der Waals surface area (Å²) in [5, 5.41) is 9.06. The number of ether oxygens (including phenoxy) is 1. The summed E-state index contributed by atoms with van der Waals surface area (Å²) < 4.78 is 6.32. The molecule has 1 N–H and O–H groups in total. The lowest BCUT2D eigenvalue weighted by Crippen LogP contribution is -2.45. The molecular formula is C53H72O2. The van der Waals surface area contributed by atoms with Crippen LogP contribution in [0.25, 0.3) is 6.08 Å². The lowest BCUT2D eigenvalue weighted by atomic mass is 9.53. The van der Waals surface area contributed by atoms with Crippen LogP contribution in [0.4, 0.5) is 0 Å². The van der Waals surface area contributed by atoms with Gasteiger partial charge in [-0.1, -0.05) is 145 Å². The molecule has 0 spiro atoms. The van der Waals surface area contributed by atoms with Gasteiger partial charge in [0, 0.05) is 5.41 Å². The maximum atomic E-state index is 9.06. The van der Waals surface area contributed by atoms with E-state index in [0.717, 1.165) is 64.8 Å². The average molecular weight is 741 g/mol. The van der Waals surface area contributed by atoms with Crippen molar-refractivity contribution in [3.8, 4) is 11.5 Å². The number of rotatable bonds is 12. The summed E-state index contributed by atoms with van der Waals surface area (Å²) in [6, 6.07) is 26.9. The van der Waals surface area contributed by atoms with E-state index in [1.54, 1.807) is 6.08 Å². The monoisotopic (exact) mass is 741 g/mol. The first-order valence-electron chi connectivity index (χ1n) is 22.1. The van der Waals surface area contributed by atoms with Crippen molar-refractivity contribution in [1.29, 1.82) is 0 Å². The van der Waals surface area contributed by atoms with E-state index in [1.807, 2.05) is 6.08 Å². The molecule has 0 radical (unpaired) electrons. The molecule has 0 aliphatic heterocycles. The second-order valence-electron chi connectivity index (χ2n) is 19.0. The van der Waals surface area contributed by atoms with Crippen LogP contribution in [0.15, 0.2) is 103 Å². The molecule has 0 saturated heterocycles. The Morgan fingerprint density at radius 3 is 2.13 bits per heavy atom. The molecule has 0 bridgehead atoms. The summed E-state index contributed by atoms with van der Waals surface area (Å²) in [7, 11) is 0. The summed E-state index contributed by atoms with van der Waals surface area (Å²) in [5.74, 6) is 7.76. The molecule has 3 saturated carbocycles. The van der Waals surface area contributed by atoms with Gasteiger partial charge in [0.2, 0.25) is 0 Å². The number of allylic oxidation sites excluding steroid dienone is 4. The Morgan fingerprint density at radius 1 is 0.782 bits per heavy atom. The number of fused-ring (bicyclic) bond motifs is 3. The first-order chi connectivity index (χ1) is 26.5. The molecule has 2 nitrogen and oxygen atoms in total. The van der Waals surface area contributed by atoms with Crippen molar-refractivity contribution in [3.05, 3.63) is 125 Å². The molecule has 6 rings (SSSR count). The molecule has 8 unspecified atom stereocenters. The van der Waals surface area contributed by atoms with Crippen LogP contribution in [0.1, 0.15) is 147 Å². The van der Waals surface area contributed by atoms with E-state index in [1.165, 1.54) is 106 Å². The van der Waals surface area contributed by atoms with Crippen molar-refractivity contribution in [2.45, 2.75) is 137 Å². The maximum Gasteiger partial charge on any atom is 0.127 e. The van der Waals surface area contributed by atoms with E-state index in [0.29, 0.717) is 5.41 Å². The second kappa shape index (κ2) is 18.6. The SMILES string of the molecule is CC(/C=C\c1ccc(C2(c3ccc(Oc4ccc(C)cc4)cc3)CCCCC3C(CCC4(C)C(C(C)CCCC(C)C)CCC34)C(C)CC2)cc1)=C/C=C/O. The topological polar surface area (TPSA) is 29.5 Å². The zero-order valence-electron chi connectivity index (χ0n) is 35.4. The zero-order valence-corrected chi connectivity index (χ0v) is 35.4. The van der Waals surface area contributed by atoms with E-state index in [9.17, 15) is 0 Å². The Morgan fingerprint density at radius 2 is 1.45 bits per heavy atom. The van der Waals surface area contributed by atoms with Crippen molar-refractivity contribution in [2.75, 3.05) is 0 Å². The van der Waals surface area contributed by atoms with Crippen LogP contribution in [-0.4, -0.2) is 5.11 Å². The third-order valence-corrected chi connectivity index (χ3v) is 15.0. The number of hydrogen-bond acceptors (Lipinski definition) is 2. The molecule has 3 aliphatic rings. The number of aryl methyl sites for hydroxylation is 1. The molecular weight excluding hydrogens is 669 g/mol. The highest BCUT2D eigenvalue weighted by atomic mass is 16.5. The highest BCUT2D eigenvalue weighted by molar-refractivity contribution is 5.55. The van der Waals surface area contributed by atoms with Gasteiger partial charge in [-0.05, 0) is 159 Å². The smallest absolute Gasteiger partial charge is 0.127 e. The Bertz CT molecular complexity index is 1730. The molecule has 2 heteroatoms. The third-order valence-electron chi connectivity index (χ3n) is 15.0. The molecule has 3 aliphatic carbocycles. The molecule has 55 heavy (non-hydrogen) atoms. The molecule has 3 fully saturated rings. The van der Waals surface area contributed by atoms with Gasteiger partial charge in [-0.2, -0.15) is 0 Å². The van der Waals surface area contributed by atoms with E-state index in [2.05, 4.69) is 133 Å². The van der Waals surface area contributed by atoms with Crippen LogP contribution in [0, 0.1) is 53.8 Å². The Labute approximate surface area is 335 Å². The number of benzene rings is 3. The number of aliphatic hydroxyl groups is 1. The minimum absolute atomic E-state index is 0.0411. The first kappa shape index (κ1) is 41.1. The van der Waals surface area contributed by atoms with Gasteiger partial charge in [-0.3, -0.25) is 0 Å². The molecule has 0 heterocycles. The van der Waals surface area contributed by atoms with Crippen molar-refractivity contribution in [1.82, 2.24) is 0 Å². The van der Waals surface area contributed by atoms with Gasteiger partial charge >= 0.3 is 0 Å². The van der Waals surface area contributed by atoms with Crippen molar-refractivity contribution < 1.29 is 9.84 Å². The van der Waals surface area contributed by atoms with Gasteiger partial charge in [0.1, 0.15) is 11.5 Å². The van der Waals surface area contributed by atoms with Crippen LogP contribution < -0.4 is 4.74 Å². The van der Waals surface area contributed by atoms with Gasteiger partial charge in [-0.25, -0.2) is 0 Å². The lowest BCUT2D eigenvalue weighted by Gasteiger charge is -2.52. The van der Waals surface area contributed by atoms with Gasteiger partial charge in [0.15, 0.2) is 0 Å². The molecule has 3 aromatic carbocycles. The van der Waals surface area contributed by atoms with E-state index >= 15 is 0 Å². The maximum absolute atomic E-state index is 9.06. The Hall–Kier alpha value is -3.52. The van der Waals surface area contributed by atoms with Crippen molar-refractivity contribution in [3.63, 3.8) is 0 Å². The van der Waals surface area contributed by atoms with Crippen LogP contribution in [0.3, 0.4) is 0 Å². The fourth-order valence-electron chi connectivity index (χ4n) is 11.8. The number of aliphatic hydroxyl groups excluding tert-OH is 1. The highest BCUT2D eigenvalue weighted by Gasteiger charge is 2.55. The first-order valence-corrected chi connectivity index (χ1v) is 22.1. The van der Waals surface area contributed by atoms with Crippen molar-refractivity contribution in [2.24, 2.45) is 46.8 Å². The predicted molar refractivity (Wildman–Crippen MR) is 235 cm³/mol. The van der Waals surface area contributed by atoms with Gasteiger partial charge < -0.3 is 9.84 Å². The predicted octanol–water partition coefficient (Wildman–Crippen LogP) is 15.6. The minimum atomic E-state index is -0.0411. The second-order valence-corrected chi connectivity index (χ2v) is 19.0. The summed E-state index contributed by atoms with van der Waals surface area (Å²) in [5.41, 5.74) is 6.91. The summed E-state index contributed by atoms with van der Waals surface area (Å²) >= 11 is 0. The van der Waals surface area contributed by atoms with E-state index < -0.39 is 0 Å². The molecule has 0 aromatic heterocycles. The summed E-state index contributed by atoms with van der Waals surface area (Å²) in [4.78, 5) is 0. The quantitative estimate of drug-likeness (QED) is 0.148. The van der Waals surface area contributed by atoms with E-state index in [4.69, 9.17) is 9.84 Å². The molecule has 8 atom stereocenters. The normalized spacial score (nSPS) is 29.7. The standard InChI is InChI=1S/C53H72O2/c1-38(2)12-10-14-42(6)50-30-31-51-49-15-8-9-34-53(36-32-41(5)48(49)33-35-52(50,51)7,44-22-20-43(21-23-44)19-16-39(3)13-11-37-54)45-24-28-47(29-25-45)55-46-26-17-40(4)18-27-46/h11,13,16-29,37-38,41-42,48-51,54H,8-10,12,14-15,30-36H2,1-7H3/b19-16-,37-11+,39-13-. The zero-order chi connectivity index (χ0) is 39.0. The number of hydrogen-bond donors (Lipinski definition) is 1. The van der Waals surface area contributed by atoms with E-state index in [-0.39, 0.29) is 5.41 Å². The van der Waals surface area contributed by atoms with Crippen LogP contribution in [0.5, 0.6) is 11.5 Å². The lowest BCUT2D eigenvalue weighted by molar-refractivity contribution is -0.0280. The Balaban J connectivity index is 1.25. The minimum Gasteiger partial charge on any atom is -0.516 e. The van der Waals surface area contributed by atoms with Crippen LogP contribution in [-0.2, 0) is 5.41 Å². The van der Waals surface area contributed by atoms with Crippen molar-refractivity contribution >= 4 is 6.08 Å². The largest absolute Gasteiger partial charge is 0.516 e. The highest BCUT2D eigenvalue weighted by Crippen LogP contribution is 2.63. The summed E-state index contributed by atoms with van der Waals surface area (Å²) in [6.45, 7) is 16.9. The Kier molecular flexibility index (Phi) is 13.9. The molecule has 0 amide bonds. The van der Waals surface area contributed by atoms with Crippen LogP contribution in [0.2, 0.25) is 0 Å². The third kappa shape index (κ3) is 9.72.